The monoisotopic (exact) mass is 168 g/mol. The van der Waals surface area contributed by atoms with E-state index in [0.29, 0.717) is 10.6 Å². The summed E-state index contributed by atoms with van der Waals surface area (Å²) in [6, 6.07) is 5.45. The van der Waals surface area contributed by atoms with E-state index in [0.717, 1.165) is 5.56 Å². The lowest BCUT2D eigenvalue weighted by molar-refractivity contribution is 1.39. The Morgan fingerprint density at radius 3 is 2.64 bits per heavy atom. The fourth-order valence-corrected chi connectivity index (χ4v) is 1.08. The molecule has 0 saturated carbocycles. The molecule has 0 atom stereocenters. The first-order valence-corrected chi connectivity index (χ1v) is 3.60. The number of nitrogens with one attached hydrogen (secondary N) is 1. The Morgan fingerprint density at radius 1 is 1.55 bits per heavy atom. The highest BCUT2D eigenvalue weighted by molar-refractivity contribution is 6.34. The lowest BCUT2D eigenvalue weighted by Gasteiger charge is -2.03. The molecule has 0 spiro atoms. The summed E-state index contributed by atoms with van der Waals surface area (Å²) < 4.78 is 0. The molecule has 0 radical (unpaired) electrons. The van der Waals surface area contributed by atoms with Gasteiger partial charge in [-0.15, -0.1) is 0 Å². The lowest BCUT2D eigenvalue weighted by atomic mass is 10.1. The highest BCUT2D eigenvalue weighted by atomic mass is 35.5. The smallest absolute Gasteiger partial charge is 0.124 e. The van der Waals surface area contributed by atoms with Gasteiger partial charge >= 0.3 is 0 Å². The molecule has 0 amide bonds. The third-order valence-electron chi connectivity index (χ3n) is 1.48. The van der Waals surface area contributed by atoms with Crippen LogP contribution < -0.4 is 5.73 Å². The molecule has 1 aromatic carbocycles. The number of aryl methyl sites for hydroxylation is 1. The summed E-state index contributed by atoms with van der Waals surface area (Å²) in [5, 5.41) is 7.74. The number of amidine groups is 1. The standard InChI is InChI=1S/C8H9ClN2/c1-5-3-2-4-6(7(5)9)8(10)11/h2-4H,1H3,(H3,10,11). The zero-order valence-electron chi connectivity index (χ0n) is 6.19. The Labute approximate surface area is 70.5 Å². The van der Waals surface area contributed by atoms with Crippen LogP contribution in [0.2, 0.25) is 5.02 Å². The quantitative estimate of drug-likeness (QED) is 0.489. The number of halogens is 1. The first-order chi connectivity index (χ1) is 5.13. The van der Waals surface area contributed by atoms with Crippen LogP contribution in [0.15, 0.2) is 18.2 Å². The maximum Gasteiger partial charge on any atom is 0.124 e. The van der Waals surface area contributed by atoms with Crippen molar-refractivity contribution in [2.45, 2.75) is 6.92 Å². The van der Waals surface area contributed by atoms with E-state index >= 15 is 0 Å². The molecule has 1 aromatic rings. The molecule has 3 heteroatoms. The van der Waals surface area contributed by atoms with Gasteiger partial charge in [-0.2, -0.15) is 0 Å². The summed E-state index contributed by atoms with van der Waals surface area (Å²) in [5.41, 5.74) is 6.83. The molecule has 1 rings (SSSR count). The van der Waals surface area contributed by atoms with E-state index in [1.54, 1.807) is 6.07 Å². The molecule has 0 fully saturated rings. The van der Waals surface area contributed by atoms with Crippen molar-refractivity contribution in [2.75, 3.05) is 0 Å². The van der Waals surface area contributed by atoms with Gasteiger partial charge in [-0.1, -0.05) is 23.7 Å². The van der Waals surface area contributed by atoms with Gasteiger partial charge in [0.1, 0.15) is 5.84 Å². The minimum atomic E-state index is 0.0127. The van der Waals surface area contributed by atoms with Crippen molar-refractivity contribution in [2.24, 2.45) is 5.73 Å². The van der Waals surface area contributed by atoms with Crippen molar-refractivity contribution in [3.63, 3.8) is 0 Å². The van der Waals surface area contributed by atoms with Gasteiger partial charge < -0.3 is 5.73 Å². The first-order valence-electron chi connectivity index (χ1n) is 3.22. The number of hydrogen-bond acceptors (Lipinski definition) is 1. The number of benzene rings is 1. The van der Waals surface area contributed by atoms with E-state index < -0.39 is 0 Å². The average Bonchev–Trinajstić information content (AvgIpc) is 1.94. The van der Waals surface area contributed by atoms with Crippen LogP contribution in [0.1, 0.15) is 11.1 Å². The molecule has 0 unspecified atom stereocenters. The molecule has 58 valence electrons. The molecule has 3 N–H and O–H groups in total. The number of nitrogens with two attached hydrogens (primary N) is 1. The van der Waals surface area contributed by atoms with Crippen molar-refractivity contribution in [3.8, 4) is 0 Å². The Kier molecular flexibility index (Phi) is 2.15. The zero-order valence-corrected chi connectivity index (χ0v) is 6.94. The third kappa shape index (κ3) is 1.52. The van der Waals surface area contributed by atoms with Crippen molar-refractivity contribution >= 4 is 17.4 Å². The highest BCUT2D eigenvalue weighted by Gasteiger charge is 2.03. The van der Waals surface area contributed by atoms with Crippen LogP contribution in [0.3, 0.4) is 0 Å². The van der Waals surface area contributed by atoms with E-state index in [2.05, 4.69) is 0 Å². The summed E-state index contributed by atoms with van der Waals surface area (Å²) >= 11 is 5.87. The predicted octanol–water partition coefficient (Wildman–Crippen LogP) is 1.93. The van der Waals surface area contributed by atoms with E-state index in [9.17, 15) is 0 Å². The van der Waals surface area contributed by atoms with E-state index in [1.165, 1.54) is 0 Å². The second-order valence-electron chi connectivity index (χ2n) is 2.35. The molecule has 11 heavy (non-hydrogen) atoms. The summed E-state index contributed by atoms with van der Waals surface area (Å²) in [5.74, 6) is 0.0127. The minimum Gasteiger partial charge on any atom is -0.384 e. The minimum absolute atomic E-state index is 0.0127. The summed E-state index contributed by atoms with van der Waals surface area (Å²) in [4.78, 5) is 0. The molecule has 2 nitrogen and oxygen atoms in total. The van der Waals surface area contributed by atoms with Crippen molar-refractivity contribution in [1.82, 2.24) is 0 Å². The largest absolute Gasteiger partial charge is 0.384 e. The van der Waals surface area contributed by atoms with Gasteiger partial charge in [0.05, 0.1) is 5.02 Å². The number of rotatable bonds is 1. The molecule has 0 heterocycles. The van der Waals surface area contributed by atoms with Crippen LogP contribution >= 0.6 is 11.6 Å². The summed E-state index contributed by atoms with van der Waals surface area (Å²) in [7, 11) is 0. The van der Waals surface area contributed by atoms with Crippen molar-refractivity contribution in [1.29, 1.82) is 5.41 Å². The number of hydrogen-bond donors (Lipinski definition) is 2. The molecule has 0 aliphatic heterocycles. The second kappa shape index (κ2) is 2.93. The van der Waals surface area contributed by atoms with Crippen LogP contribution in [-0.2, 0) is 0 Å². The van der Waals surface area contributed by atoms with Crippen molar-refractivity contribution < 1.29 is 0 Å². The molecule has 0 saturated heterocycles. The topological polar surface area (TPSA) is 49.9 Å². The number of nitrogen functional groups attached to an aromatic ring is 1. The first kappa shape index (κ1) is 8.08. The third-order valence-corrected chi connectivity index (χ3v) is 1.98. The second-order valence-corrected chi connectivity index (χ2v) is 2.73. The predicted molar refractivity (Wildman–Crippen MR) is 47.2 cm³/mol. The van der Waals surface area contributed by atoms with E-state index in [1.807, 2.05) is 19.1 Å². The molecule has 0 aromatic heterocycles. The van der Waals surface area contributed by atoms with Crippen LogP contribution in [0, 0.1) is 12.3 Å². The van der Waals surface area contributed by atoms with Gasteiger partial charge in [0.2, 0.25) is 0 Å². The molecular formula is C8H9ClN2. The van der Waals surface area contributed by atoms with Gasteiger partial charge in [0.15, 0.2) is 0 Å². The van der Waals surface area contributed by atoms with Gasteiger partial charge in [-0.25, -0.2) is 0 Å². The SMILES string of the molecule is Cc1cccc(C(=N)N)c1Cl. The van der Waals surface area contributed by atoms with Crippen LogP contribution in [-0.4, -0.2) is 5.84 Å². The van der Waals surface area contributed by atoms with Gasteiger partial charge in [0, 0.05) is 5.56 Å². The van der Waals surface area contributed by atoms with Gasteiger partial charge in [-0.3, -0.25) is 5.41 Å². The molecular weight excluding hydrogens is 160 g/mol. The Hall–Kier alpha value is -1.02. The zero-order chi connectivity index (χ0) is 8.43. The fourth-order valence-electron chi connectivity index (χ4n) is 0.855. The Balaban J connectivity index is 3.27. The molecule has 0 aliphatic rings. The van der Waals surface area contributed by atoms with Crippen LogP contribution in [0.25, 0.3) is 0 Å². The van der Waals surface area contributed by atoms with E-state index in [-0.39, 0.29) is 5.84 Å². The van der Waals surface area contributed by atoms with Gasteiger partial charge in [-0.05, 0) is 18.6 Å². The van der Waals surface area contributed by atoms with Gasteiger partial charge in [0.25, 0.3) is 0 Å². The van der Waals surface area contributed by atoms with Crippen LogP contribution in [0.5, 0.6) is 0 Å². The molecule has 0 aliphatic carbocycles. The summed E-state index contributed by atoms with van der Waals surface area (Å²) in [6.07, 6.45) is 0. The van der Waals surface area contributed by atoms with Crippen molar-refractivity contribution in [3.05, 3.63) is 34.3 Å². The maximum absolute atomic E-state index is 7.17. The fraction of sp³-hybridized carbons (Fsp3) is 0.125. The normalized spacial score (nSPS) is 9.64. The summed E-state index contributed by atoms with van der Waals surface area (Å²) in [6.45, 7) is 1.88. The lowest BCUT2D eigenvalue weighted by Crippen LogP contribution is -2.11. The van der Waals surface area contributed by atoms with Crippen LogP contribution in [0.4, 0.5) is 0 Å². The Morgan fingerprint density at radius 2 is 2.18 bits per heavy atom. The Bertz CT molecular complexity index is 294. The maximum atomic E-state index is 7.17. The average molecular weight is 169 g/mol. The highest BCUT2D eigenvalue weighted by Crippen LogP contribution is 2.19. The van der Waals surface area contributed by atoms with E-state index in [4.69, 9.17) is 22.7 Å². The molecule has 0 bridgehead atoms.